The molecule has 7 nitrogen and oxygen atoms in total. The van der Waals surface area contributed by atoms with E-state index in [1.165, 1.54) is 0 Å². The van der Waals surface area contributed by atoms with Crippen LogP contribution in [0.5, 0.6) is 5.75 Å². The number of benzene rings is 1. The number of amides is 2. The first kappa shape index (κ1) is 19.9. The highest BCUT2D eigenvalue weighted by Crippen LogP contribution is 2.48. The number of hydrogen-bond acceptors (Lipinski definition) is 4. The lowest BCUT2D eigenvalue weighted by atomic mass is 9.82. The number of carbonyl (C=O) groups excluding carboxylic acids is 2. The van der Waals surface area contributed by atoms with Crippen molar-refractivity contribution in [2.45, 2.75) is 32.6 Å². The number of ether oxygens (including phenoxy) is 1. The predicted octanol–water partition coefficient (Wildman–Crippen LogP) is 2.03. The molecule has 2 aliphatic carbocycles. The fourth-order valence-corrected chi connectivity index (χ4v) is 3.97. The molecule has 3 N–H and O–H groups in total. The van der Waals surface area contributed by atoms with Crippen LogP contribution in [0.15, 0.2) is 36.4 Å². The number of aliphatic carboxylic acids is 1. The Morgan fingerprint density at radius 1 is 1.04 bits per heavy atom. The van der Waals surface area contributed by atoms with Crippen molar-refractivity contribution in [1.82, 2.24) is 10.9 Å². The predicted molar refractivity (Wildman–Crippen MR) is 102 cm³/mol. The first-order chi connectivity index (χ1) is 13.2. The third-order valence-electron chi connectivity index (χ3n) is 5.46. The van der Waals surface area contributed by atoms with Gasteiger partial charge in [-0.25, -0.2) is 0 Å². The highest BCUT2D eigenvalue weighted by Gasteiger charge is 2.51. The van der Waals surface area contributed by atoms with Gasteiger partial charge in [-0.3, -0.25) is 25.2 Å². The van der Waals surface area contributed by atoms with Crippen LogP contribution in [0, 0.1) is 23.7 Å². The summed E-state index contributed by atoms with van der Waals surface area (Å²) in [7, 11) is 0. The summed E-state index contributed by atoms with van der Waals surface area (Å²) in [5.41, 5.74) is 5.83. The molecule has 0 saturated heterocycles. The summed E-state index contributed by atoms with van der Waals surface area (Å²) in [6.07, 6.45) is 4.42. The van der Waals surface area contributed by atoms with Crippen molar-refractivity contribution < 1.29 is 24.2 Å². The zero-order valence-electron chi connectivity index (χ0n) is 16.3. The van der Waals surface area contributed by atoms with E-state index in [1.54, 1.807) is 12.1 Å². The van der Waals surface area contributed by atoms with E-state index in [0.717, 1.165) is 5.56 Å². The number of carbonyl (C=O) groups is 3. The Hall–Kier alpha value is -2.83. The summed E-state index contributed by atoms with van der Waals surface area (Å²) in [5.74, 6) is -3.05. The molecular weight excluding hydrogens is 360 g/mol. The molecule has 7 heteroatoms. The Kier molecular flexibility index (Phi) is 5.45. The molecule has 1 fully saturated rings. The van der Waals surface area contributed by atoms with Crippen LogP contribution in [-0.2, 0) is 19.8 Å². The number of carboxylic acid groups (broad SMARTS) is 1. The molecule has 4 unspecified atom stereocenters. The Balaban J connectivity index is 1.47. The number of hydrogen-bond donors (Lipinski definition) is 3. The SMILES string of the molecule is CC(C)(C)c1ccc(OCC(=O)NNC(=O)C2C3C=CC(C3)C2C(=O)O)cc1. The first-order valence-electron chi connectivity index (χ1n) is 9.40. The minimum atomic E-state index is -0.981. The van der Waals surface area contributed by atoms with Crippen LogP contribution in [0.1, 0.15) is 32.8 Å². The van der Waals surface area contributed by atoms with Crippen LogP contribution < -0.4 is 15.6 Å². The Labute approximate surface area is 164 Å². The molecule has 1 aromatic rings. The standard InChI is InChI=1S/C21H26N2O5/c1-21(2,3)14-6-8-15(9-7-14)28-11-16(24)22-23-19(25)17-12-4-5-13(10-12)18(17)20(26)27/h4-9,12-13,17-18H,10-11H2,1-3H3,(H,22,24)(H,23,25)(H,26,27). The quantitative estimate of drug-likeness (QED) is 0.531. The van der Waals surface area contributed by atoms with Gasteiger partial charge in [0, 0.05) is 0 Å². The third kappa shape index (κ3) is 4.18. The zero-order chi connectivity index (χ0) is 20.5. The number of carboxylic acids is 1. The molecule has 2 amide bonds. The summed E-state index contributed by atoms with van der Waals surface area (Å²) in [6, 6.07) is 7.49. The number of nitrogens with one attached hydrogen (secondary N) is 2. The molecule has 0 aliphatic heterocycles. The number of rotatable bonds is 5. The van der Waals surface area contributed by atoms with Gasteiger partial charge in [0.25, 0.3) is 5.91 Å². The van der Waals surface area contributed by atoms with Crippen LogP contribution in [-0.4, -0.2) is 29.5 Å². The molecule has 2 aliphatic rings. The van der Waals surface area contributed by atoms with Crippen molar-refractivity contribution in [3.8, 4) is 5.75 Å². The van der Waals surface area contributed by atoms with E-state index in [2.05, 4.69) is 31.6 Å². The van der Waals surface area contributed by atoms with E-state index in [9.17, 15) is 19.5 Å². The fourth-order valence-electron chi connectivity index (χ4n) is 3.97. The van der Waals surface area contributed by atoms with Crippen molar-refractivity contribution in [3.05, 3.63) is 42.0 Å². The molecular formula is C21H26N2O5. The number of fused-ring (bicyclic) bond motifs is 2. The van der Waals surface area contributed by atoms with Gasteiger partial charge in [-0.2, -0.15) is 0 Å². The maximum absolute atomic E-state index is 12.4. The van der Waals surface area contributed by atoms with Crippen molar-refractivity contribution >= 4 is 17.8 Å². The lowest BCUT2D eigenvalue weighted by molar-refractivity contribution is -0.148. The molecule has 0 radical (unpaired) electrons. The topological polar surface area (TPSA) is 105 Å². The first-order valence-corrected chi connectivity index (χ1v) is 9.40. The lowest BCUT2D eigenvalue weighted by Crippen LogP contribution is -2.49. The summed E-state index contributed by atoms with van der Waals surface area (Å²) < 4.78 is 5.43. The maximum Gasteiger partial charge on any atom is 0.307 e. The number of hydrazine groups is 1. The molecule has 4 atom stereocenters. The largest absolute Gasteiger partial charge is 0.484 e. The maximum atomic E-state index is 12.4. The van der Waals surface area contributed by atoms with Gasteiger partial charge < -0.3 is 9.84 Å². The minimum Gasteiger partial charge on any atom is -0.484 e. The molecule has 150 valence electrons. The van der Waals surface area contributed by atoms with Crippen LogP contribution in [0.4, 0.5) is 0 Å². The van der Waals surface area contributed by atoms with E-state index in [4.69, 9.17) is 4.74 Å². The Morgan fingerprint density at radius 3 is 2.21 bits per heavy atom. The molecule has 0 spiro atoms. The second-order valence-corrected chi connectivity index (χ2v) is 8.44. The molecule has 2 bridgehead atoms. The highest BCUT2D eigenvalue weighted by molar-refractivity contribution is 5.88. The average molecular weight is 386 g/mol. The van der Waals surface area contributed by atoms with E-state index < -0.39 is 29.6 Å². The Morgan fingerprint density at radius 2 is 1.64 bits per heavy atom. The molecule has 1 saturated carbocycles. The van der Waals surface area contributed by atoms with Crippen molar-refractivity contribution in [3.63, 3.8) is 0 Å². The number of allylic oxidation sites excluding steroid dienone is 2. The van der Waals surface area contributed by atoms with Crippen LogP contribution in [0.2, 0.25) is 0 Å². The van der Waals surface area contributed by atoms with Gasteiger partial charge in [0.1, 0.15) is 5.75 Å². The second kappa shape index (κ2) is 7.66. The van der Waals surface area contributed by atoms with Gasteiger partial charge in [0.05, 0.1) is 11.8 Å². The van der Waals surface area contributed by atoms with E-state index in [0.29, 0.717) is 12.2 Å². The van der Waals surface area contributed by atoms with Crippen molar-refractivity contribution in [2.24, 2.45) is 23.7 Å². The molecule has 1 aromatic carbocycles. The summed E-state index contributed by atoms with van der Waals surface area (Å²) >= 11 is 0. The summed E-state index contributed by atoms with van der Waals surface area (Å²) in [4.78, 5) is 35.8. The molecule has 3 rings (SSSR count). The van der Waals surface area contributed by atoms with Crippen molar-refractivity contribution in [1.29, 1.82) is 0 Å². The zero-order valence-corrected chi connectivity index (χ0v) is 16.3. The van der Waals surface area contributed by atoms with Crippen LogP contribution in [0.3, 0.4) is 0 Å². The van der Waals surface area contributed by atoms with Gasteiger partial charge in [-0.1, -0.05) is 45.1 Å². The van der Waals surface area contributed by atoms with Crippen LogP contribution in [0.25, 0.3) is 0 Å². The second-order valence-electron chi connectivity index (χ2n) is 8.44. The molecule has 28 heavy (non-hydrogen) atoms. The summed E-state index contributed by atoms with van der Waals surface area (Å²) in [6.45, 7) is 6.08. The van der Waals surface area contributed by atoms with Gasteiger partial charge >= 0.3 is 5.97 Å². The lowest BCUT2D eigenvalue weighted by Gasteiger charge is -2.23. The summed E-state index contributed by atoms with van der Waals surface area (Å²) in [5, 5.41) is 9.39. The smallest absolute Gasteiger partial charge is 0.307 e. The normalized spacial score (nSPS) is 25.4. The van der Waals surface area contributed by atoms with E-state index in [1.807, 2.05) is 24.3 Å². The Bertz CT molecular complexity index is 794. The third-order valence-corrected chi connectivity index (χ3v) is 5.46. The minimum absolute atomic E-state index is 0.0306. The van der Waals surface area contributed by atoms with Gasteiger partial charge in [-0.15, -0.1) is 0 Å². The molecule has 0 heterocycles. The van der Waals surface area contributed by atoms with Gasteiger partial charge in [0.2, 0.25) is 5.91 Å². The average Bonchev–Trinajstić information content (AvgIpc) is 3.25. The van der Waals surface area contributed by atoms with Crippen LogP contribution >= 0.6 is 0 Å². The van der Waals surface area contributed by atoms with Gasteiger partial charge in [-0.05, 0) is 41.4 Å². The monoisotopic (exact) mass is 386 g/mol. The van der Waals surface area contributed by atoms with E-state index in [-0.39, 0.29) is 23.9 Å². The van der Waals surface area contributed by atoms with Crippen molar-refractivity contribution in [2.75, 3.05) is 6.61 Å². The highest BCUT2D eigenvalue weighted by atomic mass is 16.5. The van der Waals surface area contributed by atoms with E-state index >= 15 is 0 Å². The van der Waals surface area contributed by atoms with Gasteiger partial charge in [0.15, 0.2) is 6.61 Å². The molecule has 0 aromatic heterocycles. The fraction of sp³-hybridized carbons (Fsp3) is 0.476.